The van der Waals surface area contributed by atoms with E-state index >= 15 is 0 Å². The summed E-state index contributed by atoms with van der Waals surface area (Å²) >= 11 is 0. The Labute approximate surface area is 136 Å². The second-order valence-corrected chi connectivity index (χ2v) is 6.42. The number of nitrogens with zero attached hydrogens (tertiary/aromatic N) is 2. The van der Waals surface area contributed by atoms with Crippen LogP contribution in [-0.4, -0.2) is 17.1 Å². The molecule has 3 rings (SSSR count). The quantitative estimate of drug-likeness (QED) is 0.720. The zero-order chi connectivity index (χ0) is 16.6. The Morgan fingerprint density at radius 1 is 0.783 bits per heavy atom. The van der Waals surface area contributed by atoms with E-state index in [0.717, 1.165) is 21.7 Å². The largest absolute Gasteiger partial charge is 0.348 e. The van der Waals surface area contributed by atoms with Crippen molar-refractivity contribution >= 4 is 27.5 Å². The van der Waals surface area contributed by atoms with Crippen LogP contribution in [0.1, 0.15) is 27.7 Å². The summed E-state index contributed by atoms with van der Waals surface area (Å²) in [7, 11) is 0. The van der Waals surface area contributed by atoms with Gasteiger partial charge in [0.25, 0.3) is 0 Å². The Kier molecular flexibility index (Phi) is 4.03. The van der Waals surface area contributed by atoms with Crippen LogP contribution in [0.5, 0.6) is 0 Å². The average Bonchev–Trinajstić information content (AvgIpc) is 2.64. The van der Waals surface area contributed by atoms with Crippen molar-refractivity contribution in [3.63, 3.8) is 0 Å². The minimum absolute atomic E-state index is 0.000741. The van der Waals surface area contributed by atoms with Crippen LogP contribution in [0.15, 0.2) is 53.3 Å². The summed E-state index contributed by atoms with van der Waals surface area (Å²) in [5.74, 6) is 0.535. The molecule has 2 aromatic carbocycles. The van der Waals surface area contributed by atoms with Gasteiger partial charge < -0.3 is 4.90 Å². The molecule has 118 valence electrons. The fourth-order valence-corrected chi connectivity index (χ4v) is 3.26. The maximum atomic E-state index is 13.2. The molecule has 3 heteroatoms. The lowest BCUT2D eigenvalue weighted by Crippen LogP contribution is -2.40. The van der Waals surface area contributed by atoms with Crippen molar-refractivity contribution in [1.82, 2.24) is 4.98 Å². The second-order valence-electron chi connectivity index (χ2n) is 6.42. The number of rotatable bonds is 3. The van der Waals surface area contributed by atoms with E-state index in [1.807, 2.05) is 48.5 Å². The average molecular weight is 306 g/mol. The van der Waals surface area contributed by atoms with E-state index in [2.05, 4.69) is 32.6 Å². The fraction of sp³-hybridized carbons (Fsp3) is 0.300. The molecule has 3 nitrogen and oxygen atoms in total. The van der Waals surface area contributed by atoms with Crippen LogP contribution < -0.4 is 10.3 Å². The maximum Gasteiger partial charge on any atom is 0.228 e. The van der Waals surface area contributed by atoms with E-state index in [4.69, 9.17) is 4.98 Å². The van der Waals surface area contributed by atoms with Crippen molar-refractivity contribution in [3.05, 3.63) is 58.8 Å². The fourth-order valence-electron chi connectivity index (χ4n) is 3.26. The monoisotopic (exact) mass is 306 g/mol. The molecule has 3 aromatic rings. The molecule has 0 unspecified atom stereocenters. The zero-order valence-electron chi connectivity index (χ0n) is 14.1. The van der Waals surface area contributed by atoms with Crippen LogP contribution in [0.2, 0.25) is 0 Å². The van der Waals surface area contributed by atoms with Crippen LogP contribution in [0.3, 0.4) is 0 Å². The van der Waals surface area contributed by atoms with Gasteiger partial charge in [0.1, 0.15) is 0 Å². The van der Waals surface area contributed by atoms with E-state index in [1.165, 1.54) is 0 Å². The Morgan fingerprint density at radius 2 is 1.30 bits per heavy atom. The van der Waals surface area contributed by atoms with Gasteiger partial charge in [0.2, 0.25) is 5.43 Å². The lowest BCUT2D eigenvalue weighted by molar-refractivity contribution is 0.600. The third-order valence-corrected chi connectivity index (χ3v) is 4.15. The summed E-state index contributed by atoms with van der Waals surface area (Å²) in [6.45, 7) is 8.38. The molecular formula is C20H22N2O. The highest BCUT2D eigenvalue weighted by atomic mass is 16.1. The third kappa shape index (κ3) is 2.67. The second kappa shape index (κ2) is 5.99. The number of para-hydroxylation sites is 1. The first-order valence-electron chi connectivity index (χ1n) is 8.11. The predicted molar refractivity (Wildman–Crippen MR) is 98.3 cm³/mol. The molecule has 0 atom stereocenters. The van der Waals surface area contributed by atoms with Crippen LogP contribution >= 0.6 is 0 Å². The van der Waals surface area contributed by atoms with Crippen LogP contribution in [-0.2, 0) is 0 Å². The van der Waals surface area contributed by atoms with Gasteiger partial charge in [-0.3, -0.25) is 4.79 Å². The summed E-state index contributed by atoms with van der Waals surface area (Å²) in [5, 5.41) is 2.70. The van der Waals surface area contributed by atoms with Crippen LogP contribution in [0, 0.1) is 0 Å². The smallest absolute Gasteiger partial charge is 0.228 e. The first kappa shape index (κ1) is 15.5. The molecule has 1 heterocycles. The molecule has 0 aliphatic heterocycles. The predicted octanol–water partition coefficient (Wildman–Crippen LogP) is 4.37. The van der Waals surface area contributed by atoms with E-state index in [-0.39, 0.29) is 17.5 Å². The summed E-state index contributed by atoms with van der Waals surface area (Å²) in [4.78, 5) is 20.1. The third-order valence-electron chi connectivity index (χ3n) is 4.15. The van der Waals surface area contributed by atoms with Gasteiger partial charge in [-0.05, 0) is 39.1 Å². The van der Waals surface area contributed by atoms with Gasteiger partial charge in [0.05, 0.1) is 5.52 Å². The molecule has 0 bridgehead atoms. The van der Waals surface area contributed by atoms with Crippen molar-refractivity contribution in [1.29, 1.82) is 0 Å². The van der Waals surface area contributed by atoms with E-state index < -0.39 is 0 Å². The molecule has 0 amide bonds. The van der Waals surface area contributed by atoms with Gasteiger partial charge >= 0.3 is 0 Å². The highest BCUT2D eigenvalue weighted by molar-refractivity contribution is 6.05. The molecule has 0 aliphatic carbocycles. The van der Waals surface area contributed by atoms with Gasteiger partial charge in [-0.25, -0.2) is 4.98 Å². The number of fused-ring (bicyclic) bond motifs is 3. The van der Waals surface area contributed by atoms with Crippen LogP contribution in [0.4, 0.5) is 5.82 Å². The summed E-state index contributed by atoms with van der Waals surface area (Å²) in [6.07, 6.45) is 0. The molecule has 0 N–H and O–H groups in total. The minimum atomic E-state index is -0.000741. The maximum absolute atomic E-state index is 13.2. The molecule has 0 saturated carbocycles. The lowest BCUT2D eigenvalue weighted by atomic mass is 10.1. The number of hydrogen-bond donors (Lipinski definition) is 0. The molecule has 0 radical (unpaired) electrons. The van der Waals surface area contributed by atoms with Crippen LogP contribution in [0.25, 0.3) is 21.7 Å². The Hall–Kier alpha value is -2.42. The van der Waals surface area contributed by atoms with Gasteiger partial charge in [-0.1, -0.05) is 42.5 Å². The van der Waals surface area contributed by atoms with Gasteiger partial charge in [0.15, 0.2) is 5.82 Å². The van der Waals surface area contributed by atoms with E-state index in [9.17, 15) is 4.79 Å². The van der Waals surface area contributed by atoms with Crippen molar-refractivity contribution < 1.29 is 0 Å². The summed E-state index contributed by atoms with van der Waals surface area (Å²) in [5.41, 5.74) is 0.853. The highest BCUT2D eigenvalue weighted by Crippen LogP contribution is 2.24. The molecule has 0 aliphatic rings. The van der Waals surface area contributed by atoms with Gasteiger partial charge in [-0.15, -0.1) is 0 Å². The molecule has 0 fully saturated rings. The standard InChI is InChI=1S/C20H22N2O/c1-13(2)22(14(3)4)20-19(23)17-11-6-5-9-15(17)16-10-7-8-12-18(16)21-20/h5-14H,1-4H3. The van der Waals surface area contributed by atoms with Gasteiger partial charge in [-0.2, -0.15) is 0 Å². The molecule has 0 saturated heterocycles. The topological polar surface area (TPSA) is 33.2 Å². The molecule has 23 heavy (non-hydrogen) atoms. The zero-order valence-corrected chi connectivity index (χ0v) is 14.1. The summed E-state index contributed by atoms with van der Waals surface area (Å²) in [6, 6.07) is 16.1. The summed E-state index contributed by atoms with van der Waals surface area (Å²) < 4.78 is 0. The molecule has 1 aromatic heterocycles. The first-order valence-corrected chi connectivity index (χ1v) is 8.11. The van der Waals surface area contributed by atoms with Crippen molar-refractivity contribution in [2.24, 2.45) is 0 Å². The SMILES string of the molecule is CC(C)N(c1nc2ccccc2c2ccccc2c1=O)C(C)C. The van der Waals surface area contributed by atoms with Crippen molar-refractivity contribution in [2.45, 2.75) is 39.8 Å². The lowest BCUT2D eigenvalue weighted by Gasteiger charge is -2.30. The number of aromatic nitrogens is 1. The highest BCUT2D eigenvalue weighted by Gasteiger charge is 2.20. The Morgan fingerprint density at radius 3 is 1.91 bits per heavy atom. The number of anilines is 1. The minimum Gasteiger partial charge on any atom is -0.348 e. The van der Waals surface area contributed by atoms with Gasteiger partial charge in [0, 0.05) is 22.9 Å². The van der Waals surface area contributed by atoms with Crippen molar-refractivity contribution in [2.75, 3.05) is 4.90 Å². The molecule has 0 spiro atoms. The normalized spacial score (nSPS) is 11.6. The number of hydrogen-bond acceptors (Lipinski definition) is 3. The Balaban J connectivity index is 2.52. The Bertz CT molecular complexity index is 908. The van der Waals surface area contributed by atoms with Crippen molar-refractivity contribution in [3.8, 4) is 0 Å². The first-order chi connectivity index (χ1) is 11.0. The molecular weight excluding hydrogens is 284 g/mol. The van der Waals surface area contributed by atoms with E-state index in [0.29, 0.717) is 5.82 Å². The number of benzene rings is 2. The van der Waals surface area contributed by atoms with E-state index in [1.54, 1.807) is 0 Å².